The van der Waals surface area contributed by atoms with Gasteiger partial charge >= 0.3 is 0 Å². The van der Waals surface area contributed by atoms with E-state index in [9.17, 15) is 9.90 Å². The smallest absolute Gasteiger partial charge is 0.251 e. The minimum Gasteiger partial charge on any atom is -0.399 e. The Kier molecular flexibility index (Phi) is 3.93. The fourth-order valence-electron chi connectivity index (χ4n) is 1.24. The van der Waals surface area contributed by atoms with Crippen molar-refractivity contribution in [2.75, 3.05) is 24.6 Å². The molecule has 17 heavy (non-hydrogen) atoms. The summed E-state index contributed by atoms with van der Waals surface area (Å²) in [5.41, 5.74) is 10.9. The first-order valence-corrected chi connectivity index (χ1v) is 5.11. The van der Waals surface area contributed by atoms with E-state index in [1.165, 1.54) is 19.1 Å². The topological polar surface area (TPSA) is 122 Å². The molecule has 6 heteroatoms. The van der Waals surface area contributed by atoms with Crippen molar-refractivity contribution in [2.24, 2.45) is 0 Å². The van der Waals surface area contributed by atoms with Crippen LogP contribution in [0.2, 0.25) is 0 Å². The number of carbonyl (C=O) groups excluding carboxylic acids is 1. The van der Waals surface area contributed by atoms with E-state index in [4.69, 9.17) is 16.6 Å². The lowest BCUT2D eigenvalue weighted by molar-refractivity contribution is 0.00320. The highest BCUT2D eigenvalue weighted by molar-refractivity contribution is 5.96. The summed E-state index contributed by atoms with van der Waals surface area (Å²) in [6.45, 7) is 0.921. The fourth-order valence-corrected chi connectivity index (χ4v) is 1.24. The van der Waals surface area contributed by atoms with Crippen LogP contribution in [0, 0.1) is 0 Å². The number of benzene rings is 1. The number of amides is 1. The second kappa shape index (κ2) is 5.03. The lowest BCUT2D eigenvalue weighted by Crippen LogP contribution is -2.43. The van der Waals surface area contributed by atoms with E-state index >= 15 is 0 Å². The monoisotopic (exact) mass is 239 g/mol. The molecule has 1 unspecified atom stereocenters. The van der Waals surface area contributed by atoms with Gasteiger partial charge in [0.15, 0.2) is 0 Å². The van der Waals surface area contributed by atoms with Crippen molar-refractivity contribution < 1.29 is 15.0 Å². The zero-order valence-corrected chi connectivity index (χ0v) is 9.60. The van der Waals surface area contributed by atoms with Gasteiger partial charge in [0.1, 0.15) is 5.60 Å². The Morgan fingerprint density at radius 3 is 2.35 bits per heavy atom. The molecule has 0 saturated heterocycles. The number of aliphatic hydroxyl groups is 2. The van der Waals surface area contributed by atoms with Gasteiger partial charge in [-0.2, -0.15) is 0 Å². The number of carbonyl (C=O) groups is 1. The molecule has 0 aromatic heterocycles. The number of nitrogens with one attached hydrogen (secondary N) is 1. The molecule has 0 aliphatic heterocycles. The maximum atomic E-state index is 11.7. The molecule has 0 heterocycles. The summed E-state index contributed by atoms with van der Waals surface area (Å²) in [5, 5.41) is 20.8. The summed E-state index contributed by atoms with van der Waals surface area (Å²) >= 11 is 0. The fraction of sp³-hybridized carbons (Fsp3) is 0.364. The van der Waals surface area contributed by atoms with Crippen molar-refractivity contribution in [3.05, 3.63) is 23.8 Å². The van der Waals surface area contributed by atoms with Gasteiger partial charge in [0.25, 0.3) is 5.91 Å². The first-order valence-electron chi connectivity index (χ1n) is 5.11. The predicted molar refractivity (Wildman–Crippen MR) is 65.3 cm³/mol. The first-order chi connectivity index (χ1) is 7.84. The van der Waals surface area contributed by atoms with E-state index in [0.717, 1.165) is 0 Å². The molecule has 1 amide bonds. The maximum Gasteiger partial charge on any atom is 0.251 e. The van der Waals surface area contributed by atoms with Crippen molar-refractivity contribution in [1.82, 2.24) is 5.32 Å². The highest BCUT2D eigenvalue weighted by Crippen LogP contribution is 2.13. The number of nitrogens with two attached hydrogens (primary N) is 2. The lowest BCUT2D eigenvalue weighted by Gasteiger charge is -2.20. The lowest BCUT2D eigenvalue weighted by atomic mass is 10.1. The Hall–Kier alpha value is -1.79. The van der Waals surface area contributed by atoms with Crippen molar-refractivity contribution in [2.45, 2.75) is 12.5 Å². The maximum absolute atomic E-state index is 11.7. The molecule has 0 aliphatic rings. The summed E-state index contributed by atoms with van der Waals surface area (Å²) in [6.07, 6.45) is 0. The molecule has 0 bridgehead atoms. The molecule has 1 atom stereocenters. The second-order valence-corrected chi connectivity index (χ2v) is 4.23. The van der Waals surface area contributed by atoms with Crippen molar-refractivity contribution in [3.63, 3.8) is 0 Å². The molecule has 94 valence electrons. The van der Waals surface area contributed by atoms with Gasteiger partial charge in [0.05, 0.1) is 6.61 Å². The highest BCUT2D eigenvalue weighted by Gasteiger charge is 2.20. The number of hydrogen-bond acceptors (Lipinski definition) is 5. The Morgan fingerprint density at radius 1 is 1.35 bits per heavy atom. The second-order valence-electron chi connectivity index (χ2n) is 4.23. The number of aliphatic hydroxyl groups excluding tert-OH is 1. The number of anilines is 2. The van der Waals surface area contributed by atoms with E-state index in [1.54, 1.807) is 6.07 Å². The van der Waals surface area contributed by atoms with E-state index in [-0.39, 0.29) is 6.54 Å². The zero-order chi connectivity index (χ0) is 13.1. The van der Waals surface area contributed by atoms with E-state index in [0.29, 0.717) is 16.9 Å². The number of hydrogen-bond donors (Lipinski definition) is 5. The SMILES string of the molecule is CC(O)(CO)CNC(=O)c1cc(N)cc(N)c1. The van der Waals surface area contributed by atoms with Crippen LogP contribution in [0.4, 0.5) is 11.4 Å². The normalized spacial score (nSPS) is 14.1. The van der Waals surface area contributed by atoms with Gasteiger partial charge in [-0.25, -0.2) is 0 Å². The number of rotatable bonds is 4. The van der Waals surface area contributed by atoms with Crippen LogP contribution in [0.15, 0.2) is 18.2 Å². The highest BCUT2D eigenvalue weighted by atomic mass is 16.3. The average molecular weight is 239 g/mol. The van der Waals surface area contributed by atoms with Gasteiger partial charge in [-0.15, -0.1) is 0 Å². The summed E-state index contributed by atoms with van der Waals surface area (Å²) in [6, 6.07) is 4.51. The van der Waals surface area contributed by atoms with E-state index in [1.807, 2.05) is 0 Å². The number of nitrogen functional groups attached to an aromatic ring is 2. The molecule has 0 aliphatic carbocycles. The first kappa shape index (κ1) is 13.3. The minimum atomic E-state index is -1.35. The van der Waals surface area contributed by atoms with Crippen LogP contribution in [-0.4, -0.2) is 34.9 Å². The van der Waals surface area contributed by atoms with E-state index < -0.39 is 18.1 Å². The Balaban J connectivity index is 2.70. The van der Waals surface area contributed by atoms with Gasteiger partial charge in [-0.05, 0) is 25.1 Å². The van der Waals surface area contributed by atoms with Crippen LogP contribution < -0.4 is 16.8 Å². The van der Waals surface area contributed by atoms with Crippen LogP contribution in [0.3, 0.4) is 0 Å². The van der Waals surface area contributed by atoms with Crippen LogP contribution in [-0.2, 0) is 0 Å². The molecule has 7 N–H and O–H groups in total. The third-order valence-electron chi connectivity index (χ3n) is 2.21. The molecular formula is C11H17N3O3. The molecule has 0 saturated carbocycles. The third-order valence-corrected chi connectivity index (χ3v) is 2.21. The summed E-state index contributed by atoms with van der Waals surface area (Å²) in [7, 11) is 0. The molecule has 0 spiro atoms. The molecule has 0 fully saturated rings. The van der Waals surface area contributed by atoms with E-state index in [2.05, 4.69) is 5.32 Å². The standard InChI is InChI=1S/C11H17N3O3/c1-11(17,6-15)5-14-10(16)7-2-8(12)4-9(13)3-7/h2-4,15,17H,5-6,12-13H2,1H3,(H,14,16). The molecular weight excluding hydrogens is 222 g/mol. The Labute approximate surface area is 99.2 Å². The third kappa shape index (κ3) is 3.93. The Bertz CT molecular complexity index is 398. The minimum absolute atomic E-state index is 0.0585. The van der Waals surface area contributed by atoms with Gasteiger partial charge < -0.3 is 27.0 Å². The largest absolute Gasteiger partial charge is 0.399 e. The van der Waals surface area contributed by atoms with Crippen LogP contribution in [0.1, 0.15) is 17.3 Å². The van der Waals surface area contributed by atoms with Crippen LogP contribution in [0.25, 0.3) is 0 Å². The van der Waals surface area contributed by atoms with Gasteiger partial charge in [-0.1, -0.05) is 0 Å². The van der Waals surface area contributed by atoms with Crippen molar-refractivity contribution in [1.29, 1.82) is 0 Å². The summed E-state index contributed by atoms with van der Waals surface area (Å²) in [4.78, 5) is 11.7. The Morgan fingerprint density at radius 2 is 1.88 bits per heavy atom. The average Bonchev–Trinajstić information content (AvgIpc) is 2.24. The zero-order valence-electron chi connectivity index (χ0n) is 9.60. The van der Waals surface area contributed by atoms with Gasteiger partial charge in [-0.3, -0.25) is 4.79 Å². The molecule has 1 aromatic rings. The molecule has 6 nitrogen and oxygen atoms in total. The van der Waals surface area contributed by atoms with Crippen molar-refractivity contribution in [3.8, 4) is 0 Å². The molecule has 0 radical (unpaired) electrons. The van der Waals surface area contributed by atoms with Gasteiger partial charge in [0, 0.05) is 23.5 Å². The quantitative estimate of drug-likeness (QED) is 0.446. The van der Waals surface area contributed by atoms with Crippen LogP contribution in [0.5, 0.6) is 0 Å². The summed E-state index contributed by atoms with van der Waals surface area (Å²) < 4.78 is 0. The van der Waals surface area contributed by atoms with Crippen molar-refractivity contribution >= 4 is 17.3 Å². The molecule has 1 rings (SSSR count). The predicted octanol–water partition coefficient (Wildman–Crippen LogP) is -0.676. The van der Waals surface area contributed by atoms with Gasteiger partial charge in [0.2, 0.25) is 0 Å². The molecule has 1 aromatic carbocycles. The summed E-state index contributed by atoms with van der Waals surface area (Å²) in [5.74, 6) is -0.405. The van der Waals surface area contributed by atoms with Crippen LogP contribution >= 0.6 is 0 Å².